The van der Waals surface area contributed by atoms with Gasteiger partial charge in [-0.2, -0.15) is 18.4 Å². The monoisotopic (exact) mass is 563 g/mol. The molecule has 4 N–H and O–H groups in total. The van der Waals surface area contributed by atoms with Crippen LogP contribution < -0.4 is 10.5 Å². The number of aromatic nitrogens is 1. The van der Waals surface area contributed by atoms with Crippen molar-refractivity contribution >= 4 is 40.1 Å². The summed E-state index contributed by atoms with van der Waals surface area (Å²) in [6.07, 6.45) is -3.77. The quantitative estimate of drug-likeness (QED) is 0.240. The highest BCUT2D eigenvalue weighted by atomic mass is 35.5. The van der Waals surface area contributed by atoms with Crippen LogP contribution in [0.25, 0.3) is 22.0 Å². The summed E-state index contributed by atoms with van der Waals surface area (Å²) in [4.78, 5) is 12.3. The number of halogens is 5. The molecule has 0 aliphatic heterocycles. The van der Waals surface area contributed by atoms with Crippen LogP contribution in [0.1, 0.15) is 22.3 Å². The van der Waals surface area contributed by atoms with E-state index >= 15 is 0 Å². The molecule has 0 unspecified atom stereocenters. The van der Waals surface area contributed by atoms with Gasteiger partial charge in [-0.15, -0.1) is 0 Å². The molecule has 0 saturated carbocycles. The first-order valence-corrected chi connectivity index (χ1v) is 11.9. The van der Waals surface area contributed by atoms with E-state index in [1.807, 2.05) is 42.5 Å². The van der Waals surface area contributed by atoms with Crippen LogP contribution in [0, 0.1) is 11.3 Å². The van der Waals surface area contributed by atoms with Crippen molar-refractivity contribution in [2.45, 2.75) is 19.0 Å². The minimum absolute atomic E-state index is 0.504. The average Bonchev–Trinajstić information content (AvgIpc) is 3.24. The Bertz CT molecular complexity index is 1510. The van der Waals surface area contributed by atoms with E-state index in [0.29, 0.717) is 35.0 Å². The first kappa shape index (κ1) is 28.9. The molecule has 1 aromatic heterocycles. The normalized spacial score (nSPS) is 11.0. The summed E-state index contributed by atoms with van der Waals surface area (Å²) in [5.74, 6) is -2.04. The maximum Gasteiger partial charge on any atom is 0.490 e. The number of carboxylic acids is 1. The molecule has 0 amide bonds. The molecule has 11 heteroatoms. The van der Waals surface area contributed by atoms with Gasteiger partial charge in [0.2, 0.25) is 0 Å². The number of hydrogen-bond acceptors (Lipinski definition) is 4. The number of aromatic amines is 1. The van der Waals surface area contributed by atoms with Crippen molar-refractivity contribution < 1.29 is 27.8 Å². The zero-order chi connectivity index (χ0) is 28.0. The third-order valence-electron chi connectivity index (χ3n) is 5.65. The standard InChI is InChI=1S/C25H21Cl2N3O.C2HF3O2/c1-31-25-19(9-10-28)24-20(12-15-5-7-21(26)22(27)13-15)18(6-8-23(24)30-25)17-4-2-3-16(11-17)14-29;3-2(4,5)1(6)7/h2-8,11,13,30H,9-10,12,28H2,1H3;(H,6,7). The number of nitrogens with one attached hydrogen (secondary N) is 1. The van der Waals surface area contributed by atoms with E-state index in [1.54, 1.807) is 13.2 Å². The maximum atomic E-state index is 10.6. The van der Waals surface area contributed by atoms with E-state index < -0.39 is 12.1 Å². The first-order valence-electron chi connectivity index (χ1n) is 11.1. The third-order valence-corrected chi connectivity index (χ3v) is 6.38. The van der Waals surface area contributed by atoms with Crippen LogP contribution in [0.5, 0.6) is 5.88 Å². The van der Waals surface area contributed by atoms with Crippen molar-refractivity contribution in [1.82, 2.24) is 4.98 Å². The van der Waals surface area contributed by atoms with Gasteiger partial charge in [-0.05, 0) is 72.0 Å². The fourth-order valence-corrected chi connectivity index (χ4v) is 4.35. The topological polar surface area (TPSA) is 112 Å². The zero-order valence-electron chi connectivity index (χ0n) is 20.0. The molecule has 0 atom stereocenters. The second-order valence-electron chi connectivity index (χ2n) is 8.11. The predicted molar refractivity (Wildman–Crippen MR) is 141 cm³/mol. The van der Waals surface area contributed by atoms with Crippen molar-refractivity contribution in [3.8, 4) is 23.1 Å². The smallest absolute Gasteiger partial charge is 0.482 e. The summed E-state index contributed by atoms with van der Waals surface area (Å²) in [6, 6.07) is 19.7. The molecular weight excluding hydrogens is 542 g/mol. The fraction of sp³-hybridized carbons (Fsp3) is 0.185. The number of benzene rings is 3. The van der Waals surface area contributed by atoms with Gasteiger partial charge in [-0.3, -0.25) is 0 Å². The molecule has 0 spiro atoms. The molecule has 0 radical (unpaired) electrons. The van der Waals surface area contributed by atoms with Gasteiger partial charge in [0, 0.05) is 16.5 Å². The van der Waals surface area contributed by atoms with Crippen molar-refractivity contribution in [1.29, 1.82) is 5.26 Å². The van der Waals surface area contributed by atoms with Gasteiger partial charge < -0.3 is 20.6 Å². The van der Waals surface area contributed by atoms with Gasteiger partial charge in [0.05, 0.1) is 28.8 Å². The van der Waals surface area contributed by atoms with Crippen molar-refractivity contribution in [3.63, 3.8) is 0 Å². The van der Waals surface area contributed by atoms with E-state index in [-0.39, 0.29) is 0 Å². The summed E-state index contributed by atoms with van der Waals surface area (Å²) in [5.41, 5.74) is 12.8. The molecule has 4 aromatic rings. The lowest BCUT2D eigenvalue weighted by atomic mass is 9.90. The van der Waals surface area contributed by atoms with Crippen LogP contribution in [0.3, 0.4) is 0 Å². The van der Waals surface area contributed by atoms with Crippen LogP contribution >= 0.6 is 23.2 Å². The van der Waals surface area contributed by atoms with Crippen LogP contribution in [0.2, 0.25) is 10.0 Å². The Morgan fingerprint density at radius 1 is 1.11 bits per heavy atom. The lowest BCUT2D eigenvalue weighted by Gasteiger charge is -2.14. The summed E-state index contributed by atoms with van der Waals surface area (Å²) >= 11 is 12.4. The van der Waals surface area contributed by atoms with Crippen molar-refractivity contribution in [2.24, 2.45) is 5.73 Å². The number of carboxylic acid groups (broad SMARTS) is 1. The Labute approximate surface area is 226 Å². The van der Waals surface area contributed by atoms with Gasteiger partial charge in [-0.1, -0.05) is 47.5 Å². The highest BCUT2D eigenvalue weighted by Gasteiger charge is 2.38. The summed E-state index contributed by atoms with van der Waals surface area (Å²) in [6.45, 7) is 0.504. The highest BCUT2D eigenvalue weighted by molar-refractivity contribution is 6.42. The lowest BCUT2D eigenvalue weighted by molar-refractivity contribution is -0.192. The maximum absolute atomic E-state index is 10.6. The average molecular weight is 564 g/mol. The molecule has 0 fully saturated rings. The predicted octanol–water partition coefficient (Wildman–Crippen LogP) is 6.75. The molecule has 0 aliphatic rings. The largest absolute Gasteiger partial charge is 0.490 e. The number of fused-ring (bicyclic) bond motifs is 1. The number of ether oxygens (including phenoxy) is 1. The number of rotatable bonds is 6. The van der Waals surface area contributed by atoms with Crippen LogP contribution in [0.4, 0.5) is 13.2 Å². The van der Waals surface area contributed by atoms with E-state index in [1.165, 1.54) is 0 Å². The van der Waals surface area contributed by atoms with Crippen LogP contribution in [0.15, 0.2) is 54.6 Å². The number of carbonyl (C=O) groups is 1. The Kier molecular flexibility index (Phi) is 9.28. The summed E-state index contributed by atoms with van der Waals surface area (Å²) < 4.78 is 37.3. The highest BCUT2D eigenvalue weighted by Crippen LogP contribution is 2.38. The molecule has 0 saturated heterocycles. The number of aliphatic carboxylic acids is 1. The number of H-pyrrole nitrogens is 1. The number of hydrogen-bond donors (Lipinski definition) is 3. The van der Waals surface area contributed by atoms with Gasteiger partial charge in [0.15, 0.2) is 5.88 Å². The van der Waals surface area contributed by atoms with Crippen LogP contribution in [-0.4, -0.2) is 35.9 Å². The number of methoxy groups -OCH3 is 1. The van der Waals surface area contributed by atoms with E-state index in [0.717, 1.165) is 44.6 Å². The Morgan fingerprint density at radius 2 is 1.82 bits per heavy atom. The first-order chi connectivity index (χ1) is 18.0. The minimum atomic E-state index is -5.08. The molecule has 38 heavy (non-hydrogen) atoms. The Morgan fingerprint density at radius 3 is 2.39 bits per heavy atom. The molecule has 6 nitrogen and oxygen atoms in total. The molecular formula is C27H22Cl2F3N3O3. The number of nitriles is 1. The second kappa shape index (κ2) is 12.2. The van der Waals surface area contributed by atoms with Crippen molar-refractivity contribution in [2.75, 3.05) is 13.7 Å². The van der Waals surface area contributed by atoms with Gasteiger partial charge >= 0.3 is 12.1 Å². The van der Waals surface area contributed by atoms with Gasteiger partial charge in [0.1, 0.15) is 0 Å². The Hall–Kier alpha value is -3.71. The van der Waals surface area contributed by atoms with E-state index in [4.69, 9.17) is 43.6 Å². The van der Waals surface area contributed by atoms with Gasteiger partial charge in [-0.25, -0.2) is 4.79 Å². The summed E-state index contributed by atoms with van der Waals surface area (Å²) in [7, 11) is 1.65. The SMILES string of the molecule is COc1[nH]c2ccc(-c3cccc(C#N)c3)c(Cc3ccc(Cl)c(Cl)c3)c2c1CCN.O=C(O)C(F)(F)F. The molecule has 0 bridgehead atoms. The van der Waals surface area contributed by atoms with Gasteiger partial charge in [0.25, 0.3) is 0 Å². The number of nitrogens with two attached hydrogens (primary N) is 1. The van der Waals surface area contributed by atoms with Crippen LogP contribution in [-0.2, 0) is 17.6 Å². The minimum Gasteiger partial charge on any atom is -0.482 e. The molecule has 4 rings (SSSR count). The molecule has 0 aliphatic carbocycles. The molecule has 3 aromatic carbocycles. The van der Waals surface area contributed by atoms with E-state index in [2.05, 4.69) is 17.1 Å². The number of nitrogens with zero attached hydrogens (tertiary/aromatic N) is 1. The third kappa shape index (κ3) is 6.58. The molecule has 1 heterocycles. The second-order valence-corrected chi connectivity index (χ2v) is 8.92. The Balaban J connectivity index is 0.000000505. The van der Waals surface area contributed by atoms with Crippen molar-refractivity contribution in [3.05, 3.63) is 86.9 Å². The van der Waals surface area contributed by atoms with E-state index in [9.17, 15) is 18.4 Å². The lowest BCUT2D eigenvalue weighted by Crippen LogP contribution is -2.21. The zero-order valence-corrected chi connectivity index (χ0v) is 21.5. The molecule has 198 valence electrons. The fourth-order valence-electron chi connectivity index (χ4n) is 4.03. The number of alkyl halides is 3. The summed E-state index contributed by atoms with van der Waals surface area (Å²) in [5, 5.41) is 18.6.